The molecule has 3 aliphatic heterocycles. The average molecular weight is 513 g/mol. The van der Waals surface area contributed by atoms with E-state index in [0.29, 0.717) is 80.3 Å². The summed E-state index contributed by atoms with van der Waals surface area (Å²) in [6.07, 6.45) is 1.29. The number of halogens is 1. The number of aryl methyl sites for hydroxylation is 1. The molecule has 11 heteroatoms. The van der Waals surface area contributed by atoms with Crippen LogP contribution in [0, 0.1) is 6.92 Å². The Morgan fingerprint density at radius 3 is 2.69 bits per heavy atom. The maximum Gasteiger partial charge on any atom is 0.261 e. The molecule has 2 fully saturated rings. The van der Waals surface area contributed by atoms with E-state index >= 15 is 0 Å². The summed E-state index contributed by atoms with van der Waals surface area (Å²) >= 11 is 6.94. The van der Waals surface area contributed by atoms with Gasteiger partial charge in [-0.15, -0.1) is 0 Å². The van der Waals surface area contributed by atoms with Crippen LogP contribution in [-0.2, 0) is 9.53 Å². The summed E-state index contributed by atoms with van der Waals surface area (Å²) in [4.78, 5) is 41.4. The lowest BCUT2D eigenvalue weighted by Gasteiger charge is -2.39. The number of nitrogens with zero attached hydrogens (tertiary/aromatic N) is 5. The summed E-state index contributed by atoms with van der Waals surface area (Å²) in [6, 6.07) is 3.52. The van der Waals surface area contributed by atoms with E-state index in [4.69, 9.17) is 31.0 Å². The van der Waals surface area contributed by atoms with E-state index in [-0.39, 0.29) is 29.5 Å². The maximum absolute atomic E-state index is 14.0. The third kappa shape index (κ3) is 4.24. The van der Waals surface area contributed by atoms with Crippen LogP contribution >= 0.6 is 11.6 Å². The smallest absolute Gasteiger partial charge is 0.261 e. The van der Waals surface area contributed by atoms with Crippen molar-refractivity contribution in [3.8, 4) is 17.1 Å². The number of carbonyl (C=O) groups is 2. The van der Waals surface area contributed by atoms with Gasteiger partial charge in [-0.3, -0.25) is 9.59 Å². The first-order valence-electron chi connectivity index (χ1n) is 12.0. The van der Waals surface area contributed by atoms with Crippen molar-refractivity contribution in [2.75, 3.05) is 69.8 Å². The number of carbonyl (C=O) groups excluding carboxylic acids is 2. The zero-order chi connectivity index (χ0) is 25.4. The molecular formula is C25H29ClN6O4. The molecule has 5 rings (SSSR count). The van der Waals surface area contributed by atoms with E-state index in [1.54, 1.807) is 16.8 Å². The van der Waals surface area contributed by atoms with Crippen molar-refractivity contribution in [3.63, 3.8) is 0 Å². The van der Waals surface area contributed by atoms with E-state index in [1.807, 2.05) is 24.0 Å². The Balaban J connectivity index is 1.64. The molecule has 5 heterocycles. The quantitative estimate of drug-likeness (QED) is 0.622. The fraction of sp³-hybridized carbons (Fsp3) is 0.440. The van der Waals surface area contributed by atoms with Crippen molar-refractivity contribution < 1.29 is 19.1 Å². The summed E-state index contributed by atoms with van der Waals surface area (Å²) in [5.41, 5.74) is 2.32. The largest absolute Gasteiger partial charge is 0.489 e. The SMILES string of the molecule is C=CC(=O)N1CCN2C(=O)c3c(N4CCOCC4)nc(-c4nc(NC)ccc4C)c(Cl)c3OC[C@H]2C1. The summed E-state index contributed by atoms with van der Waals surface area (Å²) in [5, 5.41) is 3.30. The minimum atomic E-state index is -0.313. The number of rotatable bonds is 4. The fourth-order valence-corrected chi connectivity index (χ4v) is 5.13. The van der Waals surface area contributed by atoms with E-state index in [0.717, 1.165) is 5.56 Å². The van der Waals surface area contributed by atoms with Gasteiger partial charge in [0.05, 0.1) is 24.9 Å². The van der Waals surface area contributed by atoms with E-state index in [1.165, 1.54) is 6.08 Å². The molecule has 0 bridgehead atoms. The van der Waals surface area contributed by atoms with Gasteiger partial charge in [0.25, 0.3) is 5.91 Å². The lowest BCUT2D eigenvalue weighted by atomic mass is 10.1. The first kappa shape index (κ1) is 24.3. The average Bonchev–Trinajstić information content (AvgIpc) is 3.06. The van der Waals surface area contributed by atoms with Crippen molar-refractivity contribution >= 4 is 35.1 Å². The Hall–Kier alpha value is -3.37. The van der Waals surface area contributed by atoms with Crippen molar-refractivity contribution in [2.24, 2.45) is 0 Å². The molecule has 0 aliphatic carbocycles. The number of morpholine rings is 1. The predicted molar refractivity (Wildman–Crippen MR) is 137 cm³/mol. The molecule has 2 aromatic rings. The molecule has 0 aromatic carbocycles. The molecule has 2 amide bonds. The number of anilines is 2. The molecular weight excluding hydrogens is 484 g/mol. The van der Waals surface area contributed by atoms with Gasteiger partial charge in [-0.05, 0) is 24.6 Å². The Kier molecular flexibility index (Phi) is 6.72. The number of piperazine rings is 1. The minimum absolute atomic E-state index is 0.161. The van der Waals surface area contributed by atoms with E-state index in [9.17, 15) is 9.59 Å². The summed E-state index contributed by atoms with van der Waals surface area (Å²) in [7, 11) is 1.80. The molecule has 1 atom stereocenters. The summed E-state index contributed by atoms with van der Waals surface area (Å²) < 4.78 is 11.8. The van der Waals surface area contributed by atoms with Crippen LogP contribution in [0.25, 0.3) is 11.4 Å². The first-order valence-corrected chi connectivity index (χ1v) is 12.4. The second-order valence-electron chi connectivity index (χ2n) is 8.97. The minimum Gasteiger partial charge on any atom is -0.489 e. The van der Waals surface area contributed by atoms with Gasteiger partial charge >= 0.3 is 0 Å². The molecule has 190 valence electrons. The number of aromatic nitrogens is 2. The maximum atomic E-state index is 14.0. The normalized spacial score (nSPS) is 19.7. The van der Waals surface area contributed by atoms with Crippen LogP contribution in [0.1, 0.15) is 15.9 Å². The van der Waals surface area contributed by atoms with Crippen molar-refractivity contribution in [3.05, 3.63) is 40.9 Å². The van der Waals surface area contributed by atoms with Crippen LogP contribution in [0.5, 0.6) is 5.75 Å². The highest BCUT2D eigenvalue weighted by Crippen LogP contribution is 2.44. The zero-order valence-electron chi connectivity index (χ0n) is 20.4. The topological polar surface area (TPSA) is 100 Å². The predicted octanol–water partition coefficient (Wildman–Crippen LogP) is 2.22. The molecule has 1 N–H and O–H groups in total. The van der Waals surface area contributed by atoms with Crippen LogP contribution in [0.2, 0.25) is 5.02 Å². The molecule has 3 aliphatic rings. The van der Waals surface area contributed by atoms with Crippen LogP contribution in [0.3, 0.4) is 0 Å². The third-order valence-corrected chi connectivity index (χ3v) is 7.18. The second kappa shape index (κ2) is 9.94. The van der Waals surface area contributed by atoms with E-state index in [2.05, 4.69) is 11.9 Å². The molecule has 2 aromatic heterocycles. The number of pyridine rings is 2. The monoisotopic (exact) mass is 512 g/mol. The number of ether oxygens (including phenoxy) is 2. The fourth-order valence-electron chi connectivity index (χ4n) is 4.84. The van der Waals surface area contributed by atoms with Gasteiger partial charge in [0, 0.05) is 39.8 Å². The Morgan fingerprint density at radius 2 is 1.97 bits per heavy atom. The molecule has 0 radical (unpaired) electrons. The van der Waals surface area contributed by atoms with Gasteiger partial charge < -0.3 is 29.5 Å². The molecule has 0 spiro atoms. The molecule has 0 unspecified atom stereocenters. The highest BCUT2D eigenvalue weighted by molar-refractivity contribution is 6.35. The van der Waals surface area contributed by atoms with E-state index < -0.39 is 0 Å². The van der Waals surface area contributed by atoms with Gasteiger partial charge in [0.2, 0.25) is 5.91 Å². The zero-order valence-corrected chi connectivity index (χ0v) is 21.2. The van der Waals surface area contributed by atoms with Gasteiger partial charge in [0.15, 0.2) is 5.75 Å². The van der Waals surface area contributed by atoms with Gasteiger partial charge in [-0.2, -0.15) is 0 Å². The van der Waals surface area contributed by atoms with Crippen LogP contribution in [0.15, 0.2) is 24.8 Å². The first-order chi connectivity index (χ1) is 17.4. The van der Waals surface area contributed by atoms with Gasteiger partial charge in [-0.1, -0.05) is 24.2 Å². The van der Waals surface area contributed by atoms with Crippen molar-refractivity contribution in [2.45, 2.75) is 13.0 Å². The molecule has 0 saturated carbocycles. The van der Waals surface area contributed by atoms with Crippen LogP contribution < -0.4 is 15.0 Å². The van der Waals surface area contributed by atoms with Crippen LogP contribution in [-0.4, -0.2) is 97.2 Å². The highest BCUT2D eigenvalue weighted by Gasteiger charge is 2.40. The van der Waals surface area contributed by atoms with Crippen molar-refractivity contribution in [1.82, 2.24) is 19.8 Å². The third-order valence-electron chi connectivity index (χ3n) is 6.83. The van der Waals surface area contributed by atoms with Crippen LogP contribution in [0.4, 0.5) is 11.6 Å². The Bertz CT molecular complexity index is 1220. The molecule has 36 heavy (non-hydrogen) atoms. The standard InChI is InChI=1S/C25H29ClN6O4/c1-4-18(33)31-7-8-32-16(13-31)14-36-23-19(25(32)34)24(30-9-11-35-12-10-30)29-22(20(23)26)21-15(2)5-6-17(27-3)28-21/h4-6,16H,1,7-14H2,2-3H3,(H,27,28)/t16-/m1/s1. The van der Waals surface area contributed by atoms with Gasteiger partial charge in [-0.25, -0.2) is 9.97 Å². The number of fused-ring (bicyclic) bond motifs is 2. The summed E-state index contributed by atoms with van der Waals surface area (Å²) in [6.45, 7) is 9.13. The van der Waals surface area contributed by atoms with Crippen molar-refractivity contribution in [1.29, 1.82) is 0 Å². The second-order valence-corrected chi connectivity index (χ2v) is 9.34. The highest BCUT2D eigenvalue weighted by atomic mass is 35.5. The number of amides is 2. The Labute approximate surface area is 214 Å². The number of hydrogen-bond donors (Lipinski definition) is 1. The molecule has 2 saturated heterocycles. The molecule has 10 nitrogen and oxygen atoms in total. The van der Waals surface area contributed by atoms with Gasteiger partial charge in [0.1, 0.15) is 34.5 Å². The Morgan fingerprint density at radius 1 is 1.19 bits per heavy atom. The lowest BCUT2D eigenvalue weighted by molar-refractivity contribution is -0.128. The lowest BCUT2D eigenvalue weighted by Crippen LogP contribution is -2.57. The summed E-state index contributed by atoms with van der Waals surface area (Å²) in [5.74, 6) is 1.14. The number of nitrogens with one attached hydrogen (secondary N) is 1. The number of hydrogen-bond acceptors (Lipinski definition) is 8.